The van der Waals surface area contributed by atoms with Crippen molar-refractivity contribution < 1.29 is 13.6 Å². The van der Waals surface area contributed by atoms with E-state index in [1.165, 1.54) is 12.1 Å². The van der Waals surface area contributed by atoms with Gasteiger partial charge in [-0.15, -0.1) is 0 Å². The number of benzene rings is 1. The van der Waals surface area contributed by atoms with Gasteiger partial charge in [0.2, 0.25) is 5.91 Å². The van der Waals surface area contributed by atoms with Crippen LogP contribution in [0.1, 0.15) is 44.6 Å². The molecule has 0 spiro atoms. The van der Waals surface area contributed by atoms with Gasteiger partial charge in [0.05, 0.1) is 5.69 Å². The molecular weight excluding hydrogens is 312 g/mol. The van der Waals surface area contributed by atoms with Crippen LogP contribution in [0.5, 0.6) is 0 Å². The molecule has 1 aromatic carbocycles. The van der Waals surface area contributed by atoms with E-state index < -0.39 is 11.6 Å². The molecule has 1 aromatic heterocycles. The Bertz CT molecular complexity index is 792. The molecule has 0 radical (unpaired) electrons. The third-order valence-electron chi connectivity index (χ3n) is 4.41. The van der Waals surface area contributed by atoms with E-state index in [1.54, 1.807) is 6.92 Å². The molecule has 0 saturated carbocycles. The molecule has 0 unspecified atom stereocenters. The molecule has 4 nitrogen and oxygen atoms in total. The summed E-state index contributed by atoms with van der Waals surface area (Å²) in [5, 5.41) is 0. The first kappa shape index (κ1) is 16.6. The molecule has 24 heavy (non-hydrogen) atoms. The highest BCUT2D eigenvalue weighted by Crippen LogP contribution is 2.33. The lowest BCUT2D eigenvalue weighted by atomic mass is 10.1. The van der Waals surface area contributed by atoms with Crippen LogP contribution in [0, 0.1) is 18.6 Å². The van der Waals surface area contributed by atoms with Crippen LogP contribution in [0.2, 0.25) is 0 Å². The fourth-order valence-electron chi connectivity index (χ4n) is 3.16. The minimum absolute atomic E-state index is 0.0484. The number of carbonyl (C=O) groups excluding carboxylic acids is 1. The molecule has 1 atom stereocenters. The van der Waals surface area contributed by atoms with Crippen molar-refractivity contribution in [3.05, 3.63) is 41.4 Å². The number of halogens is 2. The lowest BCUT2D eigenvalue weighted by Gasteiger charge is -2.31. The summed E-state index contributed by atoms with van der Waals surface area (Å²) >= 11 is 0. The van der Waals surface area contributed by atoms with Crippen molar-refractivity contribution in [2.75, 3.05) is 6.54 Å². The lowest BCUT2D eigenvalue weighted by Crippen LogP contribution is -2.42. The number of nitrogens with one attached hydrogen (secondary N) is 1. The molecule has 0 aliphatic carbocycles. The maximum Gasteiger partial charge on any atom is 0.223 e. The second kappa shape index (κ2) is 5.69. The van der Waals surface area contributed by atoms with Gasteiger partial charge in [0.15, 0.2) is 0 Å². The highest BCUT2D eigenvalue weighted by atomic mass is 19.1. The van der Waals surface area contributed by atoms with E-state index in [0.29, 0.717) is 30.2 Å². The zero-order valence-corrected chi connectivity index (χ0v) is 14.3. The summed E-state index contributed by atoms with van der Waals surface area (Å²) in [6.45, 7) is 8.38. The molecule has 2 aromatic rings. The third-order valence-corrected chi connectivity index (χ3v) is 4.41. The number of aryl methyl sites for hydroxylation is 1. The van der Waals surface area contributed by atoms with E-state index in [9.17, 15) is 13.6 Å². The van der Waals surface area contributed by atoms with E-state index >= 15 is 0 Å². The Morgan fingerprint density at radius 3 is 2.58 bits per heavy atom. The smallest absolute Gasteiger partial charge is 0.223 e. The number of imidazole rings is 1. The third kappa shape index (κ3) is 2.92. The van der Waals surface area contributed by atoms with Crippen LogP contribution in [-0.4, -0.2) is 32.9 Å². The zero-order valence-electron chi connectivity index (χ0n) is 14.3. The quantitative estimate of drug-likeness (QED) is 0.909. The Morgan fingerprint density at radius 1 is 1.29 bits per heavy atom. The standard InChI is InChI=1S/C18H21F2N3O/c1-10-16(13-6-5-12(19)8-14(13)20)22-17(21-10)11-7-15(24)23(9-11)18(2,3)4/h5-6,8,11H,7,9H2,1-4H3,(H,21,22)/t11-/m0/s1. The van der Waals surface area contributed by atoms with Crippen LogP contribution in [0.25, 0.3) is 11.3 Å². The van der Waals surface area contributed by atoms with Gasteiger partial charge < -0.3 is 9.88 Å². The normalized spacial score (nSPS) is 18.5. The SMILES string of the molecule is Cc1[nH]c([C@H]2CC(=O)N(C(C)(C)C)C2)nc1-c1ccc(F)cc1F. The summed E-state index contributed by atoms with van der Waals surface area (Å²) in [6.07, 6.45) is 0.384. The van der Waals surface area contributed by atoms with Gasteiger partial charge in [-0.3, -0.25) is 4.79 Å². The molecule has 2 heterocycles. The van der Waals surface area contributed by atoms with Gasteiger partial charge in [0, 0.05) is 41.7 Å². The second-order valence-electron chi connectivity index (χ2n) is 7.30. The first-order valence-electron chi connectivity index (χ1n) is 7.99. The van der Waals surface area contributed by atoms with Gasteiger partial charge in [0.25, 0.3) is 0 Å². The molecular formula is C18H21F2N3O. The van der Waals surface area contributed by atoms with Crippen molar-refractivity contribution in [3.63, 3.8) is 0 Å². The molecule has 1 N–H and O–H groups in total. The predicted molar refractivity (Wildman–Crippen MR) is 87.5 cm³/mol. The van der Waals surface area contributed by atoms with E-state index in [4.69, 9.17) is 0 Å². The molecule has 1 amide bonds. The molecule has 1 aliphatic heterocycles. The number of hydrogen-bond donors (Lipinski definition) is 1. The highest BCUT2D eigenvalue weighted by molar-refractivity contribution is 5.80. The van der Waals surface area contributed by atoms with Crippen molar-refractivity contribution in [2.45, 2.75) is 45.6 Å². The number of H-pyrrole nitrogens is 1. The van der Waals surface area contributed by atoms with Crippen molar-refractivity contribution in [2.24, 2.45) is 0 Å². The topological polar surface area (TPSA) is 49.0 Å². The van der Waals surface area contributed by atoms with Gasteiger partial charge in [-0.1, -0.05) is 0 Å². The van der Waals surface area contributed by atoms with E-state index in [0.717, 1.165) is 6.07 Å². The van der Waals surface area contributed by atoms with Crippen LogP contribution in [0.4, 0.5) is 8.78 Å². The molecule has 128 valence electrons. The Labute approximate surface area is 139 Å². The molecule has 0 bridgehead atoms. The average molecular weight is 333 g/mol. The number of carbonyl (C=O) groups is 1. The molecule has 1 saturated heterocycles. The first-order chi connectivity index (χ1) is 11.2. The van der Waals surface area contributed by atoms with Crippen molar-refractivity contribution in [1.82, 2.24) is 14.9 Å². The number of aromatic amines is 1. The van der Waals surface area contributed by atoms with Gasteiger partial charge in [-0.05, 0) is 39.8 Å². The largest absolute Gasteiger partial charge is 0.345 e. The molecule has 6 heteroatoms. The fraction of sp³-hybridized carbons (Fsp3) is 0.444. The predicted octanol–water partition coefficient (Wildman–Crippen LogP) is 3.78. The monoisotopic (exact) mass is 333 g/mol. The Kier molecular flexibility index (Phi) is 3.94. The maximum atomic E-state index is 14.0. The van der Waals surface area contributed by atoms with E-state index in [2.05, 4.69) is 9.97 Å². The molecule has 1 aliphatic rings. The van der Waals surface area contributed by atoms with Gasteiger partial charge in [-0.25, -0.2) is 13.8 Å². The van der Waals surface area contributed by atoms with Crippen molar-refractivity contribution in [3.8, 4) is 11.3 Å². The van der Waals surface area contributed by atoms with Gasteiger partial charge in [-0.2, -0.15) is 0 Å². The van der Waals surface area contributed by atoms with Crippen LogP contribution < -0.4 is 0 Å². The number of nitrogens with zero attached hydrogens (tertiary/aromatic N) is 2. The average Bonchev–Trinajstić information content (AvgIpc) is 3.02. The number of likely N-dealkylation sites (tertiary alicyclic amines) is 1. The van der Waals surface area contributed by atoms with Crippen LogP contribution in [-0.2, 0) is 4.79 Å². The minimum Gasteiger partial charge on any atom is -0.345 e. The summed E-state index contributed by atoms with van der Waals surface area (Å²) in [7, 11) is 0. The van der Waals surface area contributed by atoms with E-state index in [1.807, 2.05) is 25.7 Å². The second-order valence-corrected chi connectivity index (χ2v) is 7.30. The maximum absolute atomic E-state index is 14.0. The summed E-state index contributed by atoms with van der Waals surface area (Å²) in [4.78, 5) is 21.8. The Hall–Kier alpha value is -2.24. The van der Waals surface area contributed by atoms with Gasteiger partial charge >= 0.3 is 0 Å². The Morgan fingerprint density at radius 2 is 2.00 bits per heavy atom. The van der Waals surface area contributed by atoms with Crippen LogP contribution >= 0.6 is 0 Å². The summed E-state index contributed by atoms with van der Waals surface area (Å²) in [5.74, 6) is -0.545. The number of hydrogen-bond acceptors (Lipinski definition) is 2. The number of amides is 1. The number of rotatable bonds is 2. The number of aromatic nitrogens is 2. The summed E-state index contributed by atoms with van der Waals surface area (Å²) in [6, 6.07) is 3.45. The summed E-state index contributed by atoms with van der Waals surface area (Å²) < 4.78 is 27.1. The van der Waals surface area contributed by atoms with E-state index in [-0.39, 0.29) is 22.9 Å². The fourth-order valence-corrected chi connectivity index (χ4v) is 3.16. The molecule has 1 fully saturated rings. The van der Waals surface area contributed by atoms with Crippen LogP contribution in [0.15, 0.2) is 18.2 Å². The highest BCUT2D eigenvalue weighted by Gasteiger charge is 2.38. The summed E-state index contributed by atoms with van der Waals surface area (Å²) in [5.41, 5.74) is 1.19. The Balaban J connectivity index is 1.91. The zero-order chi connectivity index (χ0) is 17.6. The lowest BCUT2D eigenvalue weighted by molar-refractivity contribution is -0.131. The van der Waals surface area contributed by atoms with Crippen molar-refractivity contribution >= 4 is 5.91 Å². The first-order valence-corrected chi connectivity index (χ1v) is 7.99. The molecule has 3 rings (SSSR count). The van der Waals surface area contributed by atoms with Crippen molar-refractivity contribution in [1.29, 1.82) is 0 Å². The van der Waals surface area contributed by atoms with Crippen LogP contribution in [0.3, 0.4) is 0 Å². The van der Waals surface area contributed by atoms with Gasteiger partial charge in [0.1, 0.15) is 17.5 Å². The minimum atomic E-state index is -0.644.